The molecule has 10 heteroatoms. The molecule has 1 aromatic carbocycles. The van der Waals surface area contributed by atoms with Crippen LogP contribution in [0.2, 0.25) is 0 Å². The third kappa shape index (κ3) is 4.52. The fraction of sp³-hybridized carbons (Fsp3) is 0.409. The molecule has 0 unspecified atom stereocenters. The van der Waals surface area contributed by atoms with Crippen molar-refractivity contribution < 1.29 is 13.6 Å². The van der Waals surface area contributed by atoms with Crippen LogP contribution in [0, 0.1) is 25.5 Å². The normalized spacial score (nSPS) is 14.8. The molecule has 1 saturated heterocycles. The summed E-state index contributed by atoms with van der Waals surface area (Å²) < 4.78 is 29.0. The van der Waals surface area contributed by atoms with Gasteiger partial charge in [0.15, 0.2) is 11.6 Å². The molecule has 3 heterocycles. The molecule has 3 aromatic rings. The standard InChI is InChI=1S/C22H24F2N4O2S2/c1-11-12(2)32-22-18(11)21(30)26-17(27-22)10-31-13(3)20(29)25-14-8-15(23)19(16(24)9-14)28-6-4-5-7-28/h8-9,13H,4-7,10H2,1-3H3,(H,25,29)(H,26,27,30)/t13-/m1/s1. The second-order valence-electron chi connectivity index (χ2n) is 7.90. The Morgan fingerprint density at radius 1 is 1.28 bits per heavy atom. The lowest BCUT2D eigenvalue weighted by Gasteiger charge is -2.20. The SMILES string of the molecule is Cc1sc2nc(CS[C@H](C)C(=O)Nc3cc(F)c(N4CCCC4)c(F)c3)[nH]c(=O)c2c1C. The zero-order valence-corrected chi connectivity index (χ0v) is 19.7. The maximum atomic E-state index is 14.5. The van der Waals surface area contributed by atoms with E-state index < -0.39 is 16.9 Å². The molecule has 0 aliphatic carbocycles. The highest BCUT2D eigenvalue weighted by atomic mass is 32.2. The lowest BCUT2D eigenvalue weighted by atomic mass is 10.2. The van der Waals surface area contributed by atoms with E-state index in [9.17, 15) is 18.4 Å². The van der Waals surface area contributed by atoms with Crippen LogP contribution in [0.4, 0.5) is 20.2 Å². The molecule has 1 aliphatic rings. The molecule has 170 valence electrons. The fourth-order valence-corrected chi connectivity index (χ4v) is 5.58. The van der Waals surface area contributed by atoms with Crippen molar-refractivity contribution in [3.8, 4) is 0 Å². The zero-order valence-electron chi connectivity index (χ0n) is 18.1. The highest BCUT2D eigenvalue weighted by Crippen LogP contribution is 2.30. The minimum absolute atomic E-state index is 0.0348. The molecule has 1 atom stereocenters. The lowest BCUT2D eigenvalue weighted by Crippen LogP contribution is -2.24. The number of aromatic amines is 1. The number of nitrogens with one attached hydrogen (secondary N) is 2. The Morgan fingerprint density at radius 2 is 1.94 bits per heavy atom. The summed E-state index contributed by atoms with van der Waals surface area (Å²) >= 11 is 2.75. The van der Waals surface area contributed by atoms with Crippen molar-refractivity contribution in [2.24, 2.45) is 0 Å². The maximum Gasteiger partial charge on any atom is 0.259 e. The van der Waals surface area contributed by atoms with Gasteiger partial charge in [0.05, 0.1) is 16.4 Å². The average molecular weight is 479 g/mol. The molecule has 2 aromatic heterocycles. The first-order valence-electron chi connectivity index (χ1n) is 10.4. The van der Waals surface area contributed by atoms with E-state index in [1.54, 1.807) is 11.8 Å². The summed E-state index contributed by atoms with van der Waals surface area (Å²) in [6, 6.07) is 2.31. The van der Waals surface area contributed by atoms with Crippen molar-refractivity contribution >= 4 is 50.6 Å². The summed E-state index contributed by atoms with van der Waals surface area (Å²) in [5.41, 5.74) is 0.791. The summed E-state index contributed by atoms with van der Waals surface area (Å²) in [7, 11) is 0. The number of H-pyrrole nitrogens is 1. The molecular formula is C22H24F2N4O2S2. The van der Waals surface area contributed by atoms with Gasteiger partial charge in [-0.3, -0.25) is 9.59 Å². The molecular weight excluding hydrogens is 454 g/mol. The van der Waals surface area contributed by atoms with Gasteiger partial charge in [-0.15, -0.1) is 23.1 Å². The maximum absolute atomic E-state index is 14.5. The summed E-state index contributed by atoms with van der Waals surface area (Å²) in [6.45, 7) is 6.79. The van der Waals surface area contributed by atoms with Crippen molar-refractivity contribution in [2.45, 2.75) is 44.6 Å². The number of hydrogen-bond donors (Lipinski definition) is 2. The number of aryl methyl sites for hydroxylation is 2. The number of halogens is 2. The van der Waals surface area contributed by atoms with Gasteiger partial charge in [0, 0.05) is 23.7 Å². The number of nitrogens with zero attached hydrogens (tertiary/aromatic N) is 2. The predicted molar refractivity (Wildman–Crippen MR) is 127 cm³/mol. The zero-order chi connectivity index (χ0) is 23.0. The third-order valence-corrected chi connectivity index (χ3v) is 7.89. The van der Waals surface area contributed by atoms with E-state index in [0.29, 0.717) is 34.9 Å². The van der Waals surface area contributed by atoms with Crippen LogP contribution in [-0.4, -0.2) is 34.2 Å². The van der Waals surface area contributed by atoms with Crippen LogP contribution in [0.25, 0.3) is 10.2 Å². The first-order chi connectivity index (χ1) is 15.2. The van der Waals surface area contributed by atoms with E-state index in [1.165, 1.54) is 23.1 Å². The van der Waals surface area contributed by atoms with E-state index in [-0.39, 0.29) is 22.8 Å². The van der Waals surface area contributed by atoms with Crippen molar-refractivity contribution in [2.75, 3.05) is 23.3 Å². The highest BCUT2D eigenvalue weighted by molar-refractivity contribution is 7.99. The van der Waals surface area contributed by atoms with E-state index in [4.69, 9.17) is 0 Å². The Kier molecular flexibility index (Phi) is 6.52. The number of carbonyl (C=O) groups excluding carboxylic acids is 1. The van der Waals surface area contributed by atoms with E-state index in [0.717, 1.165) is 35.4 Å². The summed E-state index contributed by atoms with van der Waals surface area (Å²) in [4.78, 5) is 35.6. The molecule has 6 nitrogen and oxygen atoms in total. The molecule has 4 rings (SSSR count). The predicted octanol–water partition coefficient (Wildman–Crippen LogP) is 4.74. The van der Waals surface area contributed by atoms with Gasteiger partial charge in [-0.05, 0) is 51.3 Å². The lowest BCUT2D eigenvalue weighted by molar-refractivity contribution is -0.115. The minimum Gasteiger partial charge on any atom is -0.367 e. The molecule has 2 N–H and O–H groups in total. The van der Waals surface area contributed by atoms with Crippen LogP contribution < -0.4 is 15.8 Å². The number of aromatic nitrogens is 2. The average Bonchev–Trinajstić information content (AvgIpc) is 3.34. The van der Waals surface area contributed by atoms with Gasteiger partial charge in [0.2, 0.25) is 5.91 Å². The largest absolute Gasteiger partial charge is 0.367 e. The molecule has 1 fully saturated rings. The number of anilines is 2. The van der Waals surface area contributed by atoms with Crippen LogP contribution in [0.1, 0.15) is 36.0 Å². The second kappa shape index (κ2) is 9.19. The molecule has 32 heavy (non-hydrogen) atoms. The van der Waals surface area contributed by atoms with Gasteiger partial charge in [0.25, 0.3) is 5.56 Å². The van der Waals surface area contributed by atoms with Crippen LogP contribution in [-0.2, 0) is 10.5 Å². The number of rotatable bonds is 6. The van der Waals surface area contributed by atoms with Crippen molar-refractivity contribution in [1.29, 1.82) is 0 Å². The van der Waals surface area contributed by atoms with Crippen LogP contribution >= 0.6 is 23.1 Å². The smallest absolute Gasteiger partial charge is 0.259 e. The summed E-state index contributed by atoms with van der Waals surface area (Å²) in [6.07, 6.45) is 1.82. The van der Waals surface area contributed by atoms with Gasteiger partial charge < -0.3 is 15.2 Å². The molecule has 0 bridgehead atoms. The van der Waals surface area contributed by atoms with Gasteiger partial charge in [-0.25, -0.2) is 13.8 Å². The number of amides is 1. The third-order valence-electron chi connectivity index (χ3n) is 5.63. The monoisotopic (exact) mass is 478 g/mol. The first-order valence-corrected chi connectivity index (χ1v) is 12.3. The number of thiophene rings is 1. The van der Waals surface area contributed by atoms with Gasteiger partial charge in [-0.2, -0.15) is 0 Å². The molecule has 0 spiro atoms. The Morgan fingerprint density at radius 3 is 2.59 bits per heavy atom. The number of carbonyl (C=O) groups is 1. The van der Waals surface area contributed by atoms with Crippen molar-refractivity contribution in [1.82, 2.24) is 9.97 Å². The highest BCUT2D eigenvalue weighted by Gasteiger charge is 2.22. The van der Waals surface area contributed by atoms with Gasteiger partial charge in [0.1, 0.15) is 16.3 Å². The van der Waals surface area contributed by atoms with Crippen LogP contribution in [0.5, 0.6) is 0 Å². The van der Waals surface area contributed by atoms with Crippen LogP contribution in [0.15, 0.2) is 16.9 Å². The number of benzene rings is 1. The van der Waals surface area contributed by atoms with Gasteiger partial charge >= 0.3 is 0 Å². The van der Waals surface area contributed by atoms with Crippen LogP contribution in [0.3, 0.4) is 0 Å². The molecule has 0 radical (unpaired) electrons. The molecule has 1 aliphatic heterocycles. The topological polar surface area (TPSA) is 78.1 Å². The summed E-state index contributed by atoms with van der Waals surface area (Å²) in [5.74, 6) is -0.931. The Balaban J connectivity index is 1.41. The second-order valence-corrected chi connectivity index (χ2v) is 10.4. The van der Waals surface area contributed by atoms with E-state index in [1.807, 2.05) is 13.8 Å². The van der Waals surface area contributed by atoms with Crippen molar-refractivity contribution in [3.05, 3.63) is 50.4 Å². The van der Waals surface area contributed by atoms with Crippen molar-refractivity contribution in [3.63, 3.8) is 0 Å². The first kappa shape index (κ1) is 22.7. The number of thioether (sulfide) groups is 1. The molecule has 1 amide bonds. The fourth-order valence-electron chi connectivity index (χ4n) is 3.77. The van der Waals surface area contributed by atoms with E-state index >= 15 is 0 Å². The quantitative estimate of drug-likeness (QED) is 0.535. The summed E-state index contributed by atoms with van der Waals surface area (Å²) in [5, 5.41) is 2.66. The molecule has 0 saturated carbocycles. The minimum atomic E-state index is -0.681. The Hall–Kier alpha value is -2.46. The van der Waals surface area contributed by atoms with E-state index in [2.05, 4.69) is 15.3 Å². The Labute approximate surface area is 192 Å². The Bertz CT molecular complexity index is 1210. The number of fused-ring (bicyclic) bond motifs is 1. The van der Waals surface area contributed by atoms with Gasteiger partial charge in [-0.1, -0.05) is 0 Å². The number of hydrogen-bond acceptors (Lipinski definition) is 6.